The Labute approximate surface area is 174 Å². The molecule has 0 radical (unpaired) electrons. The zero-order valence-corrected chi connectivity index (χ0v) is 17.1. The van der Waals surface area contributed by atoms with Gasteiger partial charge in [0, 0.05) is 51.5 Å². The molecule has 6 nitrogen and oxygen atoms in total. The third-order valence-corrected chi connectivity index (χ3v) is 5.21. The van der Waals surface area contributed by atoms with Crippen molar-refractivity contribution < 1.29 is 22.7 Å². The first-order valence-corrected chi connectivity index (χ1v) is 10.1. The molecule has 0 saturated carbocycles. The maximum absolute atomic E-state index is 12.8. The average molecular weight is 424 g/mol. The minimum absolute atomic E-state index is 0.0485. The highest BCUT2D eigenvalue weighted by Crippen LogP contribution is 2.29. The molecule has 1 aromatic carbocycles. The van der Waals surface area contributed by atoms with Gasteiger partial charge in [-0.05, 0) is 17.7 Å². The lowest BCUT2D eigenvalue weighted by Gasteiger charge is -2.30. The molecular formula is C21H27F3N4O2. The minimum atomic E-state index is -4.35. The van der Waals surface area contributed by atoms with Crippen LogP contribution in [0.1, 0.15) is 30.3 Å². The van der Waals surface area contributed by atoms with Gasteiger partial charge in [0.05, 0.1) is 25.3 Å². The topological polar surface area (TPSA) is 50.6 Å². The molecule has 1 aromatic heterocycles. The molecule has 2 heterocycles. The van der Waals surface area contributed by atoms with Crippen molar-refractivity contribution >= 4 is 5.91 Å². The fraction of sp³-hybridized carbons (Fsp3) is 0.524. The van der Waals surface area contributed by atoms with Crippen LogP contribution in [0.4, 0.5) is 13.2 Å². The van der Waals surface area contributed by atoms with E-state index in [1.807, 2.05) is 11.5 Å². The number of hydrogen-bond donors (Lipinski definition) is 0. The number of benzene rings is 1. The number of aromatic nitrogens is 2. The van der Waals surface area contributed by atoms with E-state index < -0.39 is 11.7 Å². The molecule has 1 aliphatic heterocycles. The zero-order valence-electron chi connectivity index (χ0n) is 17.1. The maximum Gasteiger partial charge on any atom is 0.416 e. The second kappa shape index (κ2) is 10.1. The van der Waals surface area contributed by atoms with E-state index >= 15 is 0 Å². The first-order valence-electron chi connectivity index (χ1n) is 10.1. The smallest absolute Gasteiger partial charge is 0.379 e. The third kappa shape index (κ3) is 6.06. The Balaban J connectivity index is 1.64. The van der Waals surface area contributed by atoms with E-state index in [0.29, 0.717) is 45.1 Å². The van der Waals surface area contributed by atoms with Gasteiger partial charge in [0.1, 0.15) is 5.82 Å². The lowest BCUT2D eigenvalue weighted by atomic mass is 10.1. The van der Waals surface area contributed by atoms with Gasteiger partial charge < -0.3 is 14.2 Å². The summed E-state index contributed by atoms with van der Waals surface area (Å²) in [5, 5.41) is 0. The van der Waals surface area contributed by atoms with Crippen LogP contribution in [-0.2, 0) is 28.8 Å². The molecule has 164 valence electrons. The molecule has 0 N–H and O–H groups in total. The second-order valence-corrected chi connectivity index (χ2v) is 7.29. The van der Waals surface area contributed by atoms with E-state index in [1.165, 1.54) is 12.1 Å². The van der Waals surface area contributed by atoms with Crippen molar-refractivity contribution in [3.63, 3.8) is 0 Å². The molecule has 0 unspecified atom stereocenters. The highest BCUT2D eigenvalue weighted by molar-refractivity contribution is 5.75. The Morgan fingerprint density at radius 1 is 1.20 bits per heavy atom. The summed E-state index contributed by atoms with van der Waals surface area (Å²) < 4.78 is 45.5. The van der Waals surface area contributed by atoms with Crippen molar-refractivity contribution in [1.29, 1.82) is 0 Å². The normalized spacial score (nSPS) is 15.3. The summed E-state index contributed by atoms with van der Waals surface area (Å²) >= 11 is 0. The quantitative estimate of drug-likeness (QED) is 0.654. The Kier molecular flexibility index (Phi) is 7.49. The van der Waals surface area contributed by atoms with Crippen LogP contribution in [0.2, 0.25) is 0 Å². The number of carbonyl (C=O) groups is 1. The van der Waals surface area contributed by atoms with Crippen molar-refractivity contribution in [2.45, 2.75) is 32.6 Å². The number of halogens is 3. The summed E-state index contributed by atoms with van der Waals surface area (Å²) in [6.07, 6.45) is -0.511. The van der Waals surface area contributed by atoms with Crippen LogP contribution >= 0.6 is 0 Å². The van der Waals surface area contributed by atoms with Crippen LogP contribution in [0.5, 0.6) is 0 Å². The average Bonchev–Trinajstić information content (AvgIpc) is 3.17. The molecule has 0 atom stereocenters. The number of carbonyl (C=O) groups excluding carboxylic acids is 1. The molecular weight excluding hydrogens is 397 g/mol. The van der Waals surface area contributed by atoms with Crippen molar-refractivity contribution in [3.8, 4) is 0 Å². The molecule has 1 fully saturated rings. The molecule has 1 amide bonds. The van der Waals surface area contributed by atoms with Crippen LogP contribution in [0.15, 0.2) is 36.7 Å². The Morgan fingerprint density at radius 3 is 2.53 bits per heavy atom. The van der Waals surface area contributed by atoms with Crippen LogP contribution in [-0.4, -0.2) is 64.7 Å². The monoisotopic (exact) mass is 424 g/mol. The van der Waals surface area contributed by atoms with E-state index in [0.717, 1.165) is 37.3 Å². The van der Waals surface area contributed by atoms with E-state index in [1.54, 1.807) is 17.3 Å². The van der Waals surface area contributed by atoms with E-state index in [2.05, 4.69) is 9.88 Å². The highest BCUT2D eigenvalue weighted by Gasteiger charge is 2.30. The number of amides is 1. The van der Waals surface area contributed by atoms with Crippen LogP contribution in [0.3, 0.4) is 0 Å². The number of nitrogens with zero attached hydrogens (tertiary/aromatic N) is 4. The van der Waals surface area contributed by atoms with Gasteiger partial charge in [-0.15, -0.1) is 0 Å². The molecule has 2 aromatic rings. The summed E-state index contributed by atoms with van der Waals surface area (Å²) in [4.78, 5) is 20.9. The summed E-state index contributed by atoms with van der Waals surface area (Å²) in [5.74, 6) is 0.756. The fourth-order valence-corrected chi connectivity index (χ4v) is 3.40. The van der Waals surface area contributed by atoms with E-state index in [9.17, 15) is 18.0 Å². The lowest BCUT2D eigenvalue weighted by molar-refractivity contribution is -0.137. The molecule has 3 rings (SSSR count). The molecule has 0 bridgehead atoms. The molecule has 30 heavy (non-hydrogen) atoms. The van der Waals surface area contributed by atoms with Crippen molar-refractivity contribution in [1.82, 2.24) is 19.4 Å². The molecule has 1 aliphatic rings. The van der Waals surface area contributed by atoms with Crippen molar-refractivity contribution in [3.05, 3.63) is 53.6 Å². The lowest BCUT2D eigenvalue weighted by Crippen LogP contribution is -2.43. The number of morpholine rings is 1. The number of ether oxygens (including phenoxy) is 1. The van der Waals surface area contributed by atoms with E-state index in [4.69, 9.17) is 4.74 Å². The number of imidazole rings is 1. The predicted octanol–water partition coefficient (Wildman–Crippen LogP) is 3.02. The maximum atomic E-state index is 12.8. The van der Waals surface area contributed by atoms with E-state index in [-0.39, 0.29) is 5.91 Å². The summed E-state index contributed by atoms with van der Waals surface area (Å²) in [6, 6.07) is 5.11. The fourth-order valence-electron chi connectivity index (χ4n) is 3.40. The van der Waals surface area contributed by atoms with Crippen molar-refractivity contribution in [2.24, 2.45) is 0 Å². The minimum Gasteiger partial charge on any atom is -0.379 e. The van der Waals surface area contributed by atoms with Gasteiger partial charge in [0.2, 0.25) is 5.91 Å². The van der Waals surface area contributed by atoms with Crippen LogP contribution in [0, 0.1) is 0 Å². The van der Waals surface area contributed by atoms with Crippen LogP contribution < -0.4 is 0 Å². The van der Waals surface area contributed by atoms with Gasteiger partial charge in [-0.1, -0.05) is 19.1 Å². The zero-order chi connectivity index (χ0) is 21.6. The van der Waals surface area contributed by atoms with Gasteiger partial charge in [-0.3, -0.25) is 9.69 Å². The molecule has 9 heteroatoms. The Morgan fingerprint density at radius 2 is 1.90 bits per heavy atom. The Hall–Kier alpha value is -2.39. The van der Waals surface area contributed by atoms with Gasteiger partial charge in [0.25, 0.3) is 0 Å². The standard InChI is InChI=1S/C21H27F3N4O2/c1-2-20(29)28(10-9-26-11-13-30-14-12-26)16-19-25-7-8-27(19)15-17-3-5-18(6-4-17)21(22,23)24/h3-8H,2,9-16H2,1H3. The summed E-state index contributed by atoms with van der Waals surface area (Å²) in [6.45, 7) is 7.09. The molecule has 0 spiro atoms. The number of hydrogen-bond acceptors (Lipinski definition) is 4. The molecule has 1 saturated heterocycles. The summed E-state index contributed by atoms with van der Waals surface area (Å²) in [5.41, 5.74) is 0.0730. The predicted molar refractivity (Wildman–Crippen MR) is 106 cm³/mol. The first kappa shape index (κ1) is 22.3. The van der Waals surface area contributed by atoms with Crippen molar-refractivity contribution in [2.75, 3.05) is 39.4 Å². The second-order valence-electron chi connectivity index (χ2n) is 7.29. The SMILES string of the molecule is CCC(=O)N(CCN1CCOCC1)Cc1nccn1Cc1ccc(C(F)(F)F)cc1. The number of rotatable bonds is 8. The first-order chi connectivity index (χ1) is 14.4. The Bertz CT molecular complexity index is 814. The van der Waals surface area contributed by atoms with Gasteiger partial charge >= 0.3 is 6.18 Å². The largest absolute Gasteiger partial charge is 0.416 e. The summed E-state index contributed by atoms with van der Waals surface area (Å²) in [7, 11) is 0. The molecule has 0 aliphatic carbocycles. The highest BCUT2D eigenvalue weighted by atomic mass is 19.4. The number of alkyl halides is 3. The third-order valence-electron chi connectivity index (χ3n) is 5.21. The van der Waals surface area contributed by atoms with Gasteiger partial charge in [-0.25, -0.2) is 4.98 Å². The van der Waals surface area contributed by atoms with Gasteiger partial charge in [0.15, 0.2) is 0 Å². The van der Waals surface area contributed by atoms with Gasteiger partial charge in [-0.2, -0.15) is 13.2 Å². The van der Waals surface area contributed by atoms with Crippen LogP contribution in [0.25, 0.3) is 0 Å².